The van der Waals surface area contributed by atoms with Crippen molar-refractivity contribution >= 4 is 17.7 Å². The molecular formula is C17H19FN2O2S. The van der Waals surface area contributed by atoms with E-state index in [1.807, 2.05) is 19.9 Å². The fraction of sp³-hybridized carbons (Fsp3) is 0.412. The van der Waals surface area contributed by atoms with Crippen LogP contribution in [-0.2, 0) is 11.2 Å². The zero-order chi connectivity index (χ0) is 16.4. The van der Waals surface area contributed by atoms with Gasteiger partial charge in [0.2, 0.25) is 5.91 Å². The number of thioether (sulfide) groups is 1. The summed E-state index contributed by atoms with van der Waals surface area (Å²) in [4.78, 5) is 12.9. The summed E-state index contributed by atoms with van der Waals surface area (Å²) in [5.74, 6) is 1.33. The van der Waals surface area contributed by atoms with Gasteiger partial charge in [0.25, 0.3) is 0 Å². The first kappa shape index (κ1) is 16.1. The van der Waals surface area contributed by atoms with Crippen molar-refractivity contribution in [2.24, 2.45) is 0 Å². The van der Waals surface area contributed by atoms with Gasteiger partial charge in [-0.05, 0) is 38.3 Å². The zero-order valence-corrected chi connectivity index (χ0v) is 14.0. The maximum Gasteiger partial charge on any atom is 0.220 e. The molecule has 1 aromatic heterocycles. The number of amides is 1. The SMILES string of the molecule is Cc1noc(C)c1CCC(=O)NC1CCSc2c(F)cccc21. The minimum absolute atomic E-state index is 0.0305. The first-order valence-electron chi connectivity index (χ1n) is 7.68. The third kappa shape index (κ3) is 3.42. The lowest BCUT2D eigenvalue weighted by Gasteiger charge is -2.26. The lowest BCUT2D eigenvalue weighted by molar-refractivity contribution is -0.121. The average molecular weight is 334 g/mol. The number of benzene rings is 1. The van der Waals surface area contributed by atoms with Gasteiger partial charge in [0.1, 0.15) is 11.6 Å². The summed E-state index contributed by atoms with van der Waals surface area (Å²) in [5, 5.41) is 6.93. The van der Waals surface area contributed by atoms with Crippen LogP contribution >= 0.6 is 11.8 Å². The van der Waals surface area contributed by atoms with Gasteiger partial charge in [-0.1, -0.05) is 17.3 Å². The summed E-state index contributed by atoms with van der Waals surface area (Å²) in [6.45, 7) is 3.73. The number of fused-ring (bicyclic) bond motifs is 1. The number of aryl methyl sites for hydroxylation is 2. The first-order valence-corrected chi connectivity index (χ1v) is 8.67. The number of carbonyl (C=O) groups excluding carboxylic acids is 1. The second-order valence-corrected chi connectivity index (χ2v) is 6.82. The van der Waals surface area contributed by atoms with E-state index in [-0.39, 0.29) is 17.8 Å². The minimum Gasteiger partial charge on any atom is -0.361 e. The Balaban J connectivity index is 1.64. The molecule has 1 unspecified atom stereocenters. The topological polar surface area (TPSA) is 55.1 Å². The van der Waals surface area contributed by atoms with Gasteiger partial charge in [-0.25, -0.2) is 4.39 Å². The Hall–Kier alpha value is -1.82. The second-order valence-electron chi connectivity index (χ2n) is 5.72. The van der Waals surface area contributed by atoms with Crippen LogP contribution in [0.15, 0.2) is 27.6 Å². The molecule has 3 rings (SSSR count). The lowest BCUT2D eigenvalue weighted by atomic mass is 10.0. The van der Waals surface area contributed by atoms with Crippen molar-refractivity contribution in [2.45, 2.75) is 44.0 Å². The van der Waals surface area contributed by atoms with E-state index in [2.05, 4.69) is 10.5 Å². The van der Waals surface area contributed by atoms with Crippen LogP contribution in [0.25, 0.3) is 0 Å². The third-order valence-corrected chi connectivity index (χ3v) is 5.30. The van der Waals surface area contributed by atoms with Gasteiger partial charge in [-0.15, -0.1) is 11.8 Å². The van der Waals surface area contributed by atoms with E-state index >= 15 is 0 Å². The van der Waals surface area contributed by atoms with Gasteiger partial charge >= 0.3 is 0 Å². The maximum atomic E-state index is 13.9. The quantitative estimate of drug-likeness (QED) is 0.926. The number of hydrogen-bond acceptors (Lipinski definition) is 4. The number of halogens is 1. The predicted octanol–water partition coefficient (Wildman–Crippen LogP) is 3.72. The molecule has 2 heterocycles. The molecule has 6 heteroatoms. The molecule has 0 saturated heterocycles. The third-order valence-electron chi connectivity index (χ3n) is 4.14. The second kappa shape index (κ2) is 6.74. The lowest BCUT2D eigenvalue weighted by Crippen LogP contribution is -2.31. The van der Waals surface area contributed by atoms with E-state index in [0.717, 1.165) is 34.8 Å². The molecule has 1 aliphatic heterocycles. The largest absolute Gasteiger partial charge is 0.361 e. The number of nitrogens with zero attached hydrogens (tertiary/aromatic N) is 1. The van der Waals surface area contributed by atoms with Crippen molar-refractivity contribution in [3.05, 3.63) is 46.6 Å². The van der Waals surface area contributed by atoms with Crippen LogP contribution in [-0.4, -0.2) is 16.8 Å². The molecule has 1 N–H and O–H groups in total. The Morgan fingerprint density at radius 2 is 2.30 bits per heavy atom. The molecule has 0 bridgehead atoms. The molecule has 1 aliphatic rings. The van der Waals surface area contributed by atoms with Crippen LogP contribution < -0.4 is 5.32 Å². The predicted molar refractivity (Wildman–Crippen MR) is 86.9 cm³/mol. The van der Waals surface area contributed by atoms with E-state index in [1.165, 1.54) is 17.8 Å². The molecule has 0 aliphatic carbocycles. The molecule has 1 aromatic carbocycles. The molecule has 1 atom stereocenters. The monoisotopic (exact) mass is 334 g/mol. The molecule has 0 saturated carbocycles. The van der Waals surface area contributed by atoms with Gasteiger partial charge in [0, 0.05) is 22.6 Å². The average Bonchev–Trinajstić information content (AvgIpc) is 2.85. The van der Waals surface area contributed by atoms with E-state index in [9.17, 15) is 9.18 Å². The number of rotatable bonds is 4. The Bertz CT molecular complexity index is 710. The van der Waals surface area contributed by atoms with E-state index < -0.39 is 0 Å². The summed E-state index contributed by atoms with van der Waals surface area (Å²) in [6.07, 6.45) is 1.79. The molecule has 122 valence electrons. The van der Waals surface area contributed by atoms with Crippen LogP contribution in [0.2, 0.25) is 0 Å². The number of carbonyl (C=O) groups is 1. The number of nitrogens with one attached hydrogen (secondary N) is 1. The van der Waals surface area contributed by atoms with Gasteiger partial charge in [0.05, 0.1) is 11.7 Å². The van der Waals surface area contributed by atoms with E-state index in [4.69, 9.17) is 4.52 Å². The summed E-state index contributed by atoms with van der Waals surface area (Å²) in [6, 6.07) is 4.94. The number of aromatic nitrogens is 1. The molecule has 1 amide bonds. The summed E-state index contributed by atoms with van der Waals surface area (Å²) in [5.41, 5.74) is 2.70. The fourth-order valence-electron chi connectivity index (χ4n) is 2.90. The van der Waals surface area contributed by atoms with Crippen molar-refractivity contribution in [2.75, 3.05) is 5.75 Å². The summed E-state index contributed by atoms with van der Waals surface area (Å²) >= 11 is 1.51. The Morgan fingerprint density at radius 1 is 1.48 bits per heavy atom. The van der Waals surface area contributed by atoms with Crippen LogP contribution in [0.5, 0.6) is 0 Å². The van der Waals surface area contributed by atoms with Crippen molar-refractivity contribution in [3.63, 3.8) is 0 Å². The molecule has 2 aromatic rings. The van der Waals surface area contributed by atoms with Crippen LogP contribution in [0.3, 0.4) is 0 Å². The molecule has 23 heavy (non-hydrogen) atoms. The van der Waals surface area contributed by atoms with Crippen molar-refractivity contribution in [1.29, 1.82) is 0 Å². The highest BCUT2D eigenvalue weighted by Crippen LogP contribution is 2.37. The molecule has 4 nitrogen and oxygen atoms in total. The van der Waals surface area contributed by atoms with Gasteiger partial charge in [-0.3, -0.25) is 4.79 Å². The first-order chi connectivity index (χ1) is 11.1. The van der Waals surface area contributed by atoms with Crippen molar-refractivity contribution < 1.29 is 13.7 Å². The highest BCUT2D eigenvalue weighted by atomic mass is 32.2. The zero-order valence-electron chi connectivity index (χ0n) is 13.2. The standard InChI is InChI=1S/C17H19FN2O2S/c1-10-12(11(2)22-20-10)6-7-16(21)19-15-8-9-23-17-13(15)4-3-5-14(17)18/h3-5,15H,6-9H2,1-2H3,(H,19,21). The van der Waals surface area contributed by atoms with Crippen LogP contribution in [0, 0.1) is 19.7 Å². The van der Waals surface area contributed by atoms with E-state index in [0.29, 0.717) is 17.7 Å². The molecule has 0 radical (unpaired) electrons. The van der Waals surface area contributed by atoms with E-state index in [1.54, 1.807) is 6.07 Å². The molecule has 0 fully saturated rings. The Labute approximate surface area is 138 Å². The minimum atomic E-state index is -0.206. The summed E-state index contributed by atoms with van der Waals surface area (Å²) in [7, 11) is 0. The van der Waals surface area contributed by atoms with Gasteiger partial charge < -0.3 is 9.84 Å². The Kier molecular flexibility index (Phi) is 4.71. The highest BCUT2D eigenvalue weighted by molar-refractivity contribution is 7.99. The summed E-state index contributed by atoms with van der Waals surface area (Å²) < 4.78 is 19.0. The van der Waals surface area contributed by atoms with Crippen LogP contribution in [0.1, 0.15) is 41.5 Å². The molecule has 0 spiro atoms. The smallest absolute Gasteiger partial charge is 0.220 e. The van der Waals surface area contributed by atoms with Crippen molar-refractivity contribution in [1.82, 2.24) is 10.5 Å². The number of hydrogen-bond donors (Lipinski definition) is 1. The highest BCUT2D eigenvalue weighted by Gasteiger charge is 2.24. The van der Waals surface area contributed by atoms with Gasteiger partial charge in [0.15, 0.2) is 0 Å². The molecular weight excluding hydrogens is 315 g/mol. The fourth-order valence-corrected chi connectivity index (χ4v) is 4.04. The maximum absolute atomic E-state index is 13.9. The van der Waals surface area contributed by atoms with Gasteiger partial charge in [-0.2, -0.15) is 0 Å². The Morgan fingerprint density at radius 3 is 3.04 bits per heavy atom. The normalized spacial score (nSPS) is 16.9. The van der Waals surface area contributed by atoms with Crippen molar-refractivity contribution in [3.8, 4) is 0 Å². The van der Waals surface area contributed by atoms with Crippen LogP contribution in [0.4, 0.5) is 4.39 Å².